The highest BCUT2D eigenvalue weighted by atomic mass is 14.2. The normalized spacial score (nSPS) is 11.8. The molecule has 5 aromatic rings. The molecule has 0 radical (unpaired) electrons. The van der Waals surface area contributed by atoms with Crippen molar-refractivity contribution in [2.24, 2.45) is 0 Å². The molecule has 0 heterocycles. The Bertz CT molecular complexity index is 1240. The van der Waals surface area contributed by atoms with Crippen molar-refractivity contribution in [3.63, 3.8) is 0 Å². The van der Waals surface area contributed by atoms with E-state index in [1.54, 1.807) is 0 Å². The molecule has 0 N–H and O–H groups in total. The molecular weight excluding hydrogens is 384 g/mol. The molecule has 0 aromatic heterocycles. The highest BCUT2D eigenvalue weighted by molar-refractivity contribution is 5.64. The zero-order chi connectivity index (χ0) is 21.6. The van der Waals surface area contributed by atoms with Crippen LogP contribution in [0, 0.1) is 0 Å². The number of rotatable bonds is 6. The van der Waals surface area contributed by atoms with Crippen LogP contribution in [0.4, 0.5) is 0 Å². The number of hydrogen-bond acceptors (Lipinski definition) is 0. The van der Waals surface area contributed by atoms with E-state index in [-0.39, 0.29) is 0 Å². The molecule has 0 spiro atoms. The molecule has 1 atom stereocenters. The highest BCUT2D eigenvalue weighted by Crippen LogP contribution is 2.31. The van der Waals surface area contributed by atoms with Crippen molar-refractivity contribution in [3.05, 3.63) is 156 Å². The second-order valence-electron chi connectivity index (χ2n) is 8.22. The van der Waals surface area contributed by atoms with Gasteiger partial charge in [0.1, 0.15) is 0 Å². The molecule has 0 amide bonds. The van der Waals surface area contributed by atoms with E-state index in [1.165, 1.54) is 38.9 Å². The highest BCUT2D eigenvalue weighted by Gasteiger charge is 2.15. The maximum atomic E-state index is 2.29. The van der Waals surface area contributed by atoms with Crippen molar-refractivity contribution in [2.45, 2.75) is 12.3 Å². The van der Waals surface area contributed by atoms with Gasteiger partial charge in [0, 0.05) is 5.92 Å². The first-order valence-corrected chi connectivity index (χ1v) is 11.2. The summed E-state index contributed by atoms with van der Waals surface area (Å²) in [6, 6.07) is 50.1. The van der Waals surface area contributed by atoms with E-state index in [1.807, 2.05) is 0 Å². The lowest BCUT2D eigenvalue weighted by atomic mass is 9.85. The standard InChI is InChI=1S/C32H26/c1-4-10-26(11-5-1)28-18-16-25(17-19-28)24-32(30-14-8-3-9-15-30)31-22-20-29(21-23-31)27-12-6-2-7-13-27/h1-23,32H,24H2. The van der Waals surface area contributed by atoms with Crippen molar-refractivity contribution in [3.8, 4) is 22.3 Å². The molecule has 5 aromatic carbocycles. The van der Waals surface area contributed by atoms with Gasteiger partial charge in [-0.1, -0.05) is 140 Å². The Kier molecular flexibility index (Phi) is 5.94. The van der Waals surface area contributed by atoms with Crippen molar-refractivity contribution in [1.29, 1.82) is 0 Å². The molecule has 0 bridgehead atoms. The van der Waals surface area contributed by atoms with Gasteiger partial charge in [0.05, 0.1) is 0 Å². The lowest BCUT2D eigenvalue weighted by Crippen LogP contribution is -2.05. The monoisotopic (exact) mass is 410 g/mol. The van der Waals surface area contributed by atoms with E-state index in [2.05, 4.69) is 140 Å². The first-order valence-electron chi connectivity index (χ1n) is 11.2. The fraction of sp³-hybridized carbons (Fsp3) is 0.0625. The topological polar surface area (TPSA) is 0 Å². The van der Waals surface area contributed by atoms with Crippen molar-refractivity contribution in [2.75, 3.05) is 0 Å². The average Bonchev–Trinajstić information content (AvgIpc) is 2.89. The lowest BCUT2D eigenvalue weighted by molar-refractivity contribution is 0.805. The van der Waals surface area contributed by atoms with Crippen LogP contribution in [0.1, 0.15) is 22.6 Å². The maximum Gasteiger partial charge on any atom is 0.0130 e. The summed E-state index contributed by atoms with van der Waals surface area (Å²) in [6.45, 7) is 0. The third kappa shape index (κ3) is 4.55. The summed E-state index contributed by atoms with van der Waals surface area (Å²) in [5, 5.41) is 0. The number of hydrogen-bond donors (Lipinski definition) is 0. The fourth-order valence-electron chi connectivity index (χ4n) is 4.35. The quantitative estimate of drug-likeness (QED) is 0.264. The van der Waals surface area contributed by atoms with Gasteiger partial charge < -0.3 is 0 Å². The zero-order valence-corrected chi connectivity index (χ0v) is 18.1. The van der Waals surface area contributed by atoms with E-state index in [4.69, 9.17) is 0 Å². The summed E-state index contributed by atoms with van der Waals surface area (Å²) in [7, 11) is 0. The minimum atomic E-state index is 0.323. The van der Waals surface area contributed by atoms with Crippen LogP contribution in [0.2, 0.25) is 0 Å². The molecule has 0 aliphatic carbocycles. The molecule has 1 unspecified atom stereocenters. The Hall–Kier alpha value is -3.90. The second kappa shape index (κ2) is 9.49. The summed E-state index contributed by atoms with van der Waals surface area (Å²) in [6.07, 6.45) is 0.976. The van der Waals surface area contributed by atoms with Crippen molar-refractivity contribution >= 4 is 0 Å². The van der Waals surface area contributed by atoms with Gasteiger partial charge in [0.15, 0.2) is 0 Å². The van der Waals surface area contributed by atoms with Gasteiger partial charge >= 0.3 is 0 Å². The smallest absolute Gasteiger partial charge is 0.0130 e. The van der Waals surface area contributed by atoms with Gasteiger partial charge in [-0.05, 0) is 45.4 Å². The second-order valence-corrected chi connectivity index (χ2v) is 8.22. The summed E-state index contributed by atoms with van der Waals surface area (Å²) in [5.74, 6) is 0.323. The molecule has 0 fully saturated rings. The predicted molar refractivity (Wildman–Crippen MR) is 136 cm³/mol. The third-order valence-corrected chi connectivity index (χ3v) is 6.12. The average molecular weight is 411 g/mol. The summed E-state index contributed by atoms with van der Waals surface area (Å²) in [4.78, 5) is 0. The van der Waals surface area contributed by atoms with Gasteiger partial charge in [-0.3, -0.25) is 0 Å². The van der Waals surface area contributed by atoms with Gasteiger partial charge in [0.2, 0.25) is 0 Å². The van der Waals surface area contributed by atoms with Crippen molar-refractivity contribution < 1.29 is 0 Å². The predicted octanol–water partition coefficient (Wildman–Crippen LogP) is 8.40. The minimum Gasteiger partial charge on any atom is -0.0622 e. The van der Waals surface area contributed by atoms with Crippen LogP contribution in [0.3, 0.4) is 0 Å². The van der Waals surface area contributed by atoms with Gasteiger partial charge in [-0.2, -0.15) is 0 Å². The summed E-state index contributed by atoms with van der Waals surface area (Å²) >= 11 is 0. The molecule has 5 rings (SSSR count). The van der Waals surface area contributed by atoms with Crippen LogP contribution in [0.15, 0.2) is 140 Å². The van der Waals surface area contributed by atoms with E-state index < -0.39 is 0 Å². The third-order valence-electron chi connectivity index (χ3n) is 6.12. The largest absolute Gasteiger partial charge is 0.0622 e. The molecule has 154 valence electrons. The van der Waals surface area contributed by atoms with Crippen LogP contribution >= 0.6 is 0 Å². The summed E-state index contributed by atoms with van der Waals surface area (Å²) < 4.78 is 0. The zero-order valence-electron chi connectivity index (χ0n) is 18.1. The van der Waals surface area contributed by atoms with Gasteiger partial charge in [-0.25, -0.2) is 0 Å². The molecule has 0 nitrogen and oxygen atoms in total. The molecule has 0 heteroatoms. The maximum absolute atomic E-state index is 2.29. The van der Waals surface area contributed by atoms with Gasteiger partial charge in [0.25, 0.3) is 0 Å². The van der Waals surface area contributed by atoms with Crippen molar-refractivity contribution in [1.82, 2.24) is 0 Å². The Morgan fingerprint density at radius 3 is 1.22 bits per heavy atom. The van der Waals surface area contributed by atoms with Crippen LogP contribution in [0.5, 0.6) is 0 Å². The summed E-state index contributed by atoms with van der Waals surface area (Å²) in [5.41, 5.74) is 9.09. The van der Waals surface area contributed by atoms with E-state index >= 15 is 0 Å². The van der Waals surface area contributed by atoms with Crippen LogP contribution in [-0.2, 0) is 6.42 Å². The minimum absolute atomic E-state index is 0.323. The molecular formula is C32H26. The van der Waals surface area contributed by atoms with Crippen LogP contribution < -0.4 is 0 Å². The first kappa shape index (κ1) is 20.0. The fourth-order valence-corrected chi connectivity index (χ4v) is 4.35. The number of benzene rings is 5. The Morgan fingerprint density at radius 1 is 0.344 bits per heavy atom. The van der Waals surface area contributed by atoms with E-state index in [0.29, 0.717) is 5.92 Å². The van der Waals surface area contributed by atoms with E-state index in [0.717, 1.165) is 6.42 Å². The molecule has 0 aliphatic rings. The SMILES string of the molecule is c1ccc(-c2ccc(CC(c3ccccc3)c3ccc(-c4ccccc4)cc3)cc2)cc1. The molecule has 0 aliphatic heterocycles. The van der Waals surface area contributed by atoms with E-state index in [9.17, 15) is 0 Å². The van der Waals surface area contributed by atoms with Crippen LogP contribution in [-0.4, -0.2) is 0 Å². The Morgan fingerprint density at radius 2 is 0.719 bits per heavy atom. The Balaban J connectivity index is 1.43. The first-order chi connectivity index (χ1) is 15.9. The Labute approximate surface area is 190 Å². The van der Waals surface area contributed by atoms with Crippen LogP contribution in [0.25, 0.3) is 22.3 Å². The molecule has 0 saturated heterocycles. The molecule has 0 saturated carbocycles. The van der Waals surface area contributed by atoms with Gasteiger partial charge in [-0.15, -0.1) is 0 Å². The lowest BCUT2D eigenvalue weighted by Gasteiger charge is -2.19. The molecule has 32 heavy (non-hydrogen) atoms.